The molecule has 23 heavy (non-hydrogen) atoms. The molecule has 0 spiro atoms. The lowest BCUT2D eigenvalue weighted by atomic mass is 10.2. The second-order valence-electron chi connectivity index (χ2n) is 4.72. The van der Waals surface area contributed by atoms with Crippen molar-refractivity contribution in [1.29, 1.82) is 5.26 Å². The number of hydrogen-bond acceptors (Lipinski definition) is 5. The van der Waals surface area contributed by atoms with Gasteiger partial charge in [-0.15, -0.1) is 0 Å². The standard InChI is InChI=1S/C18H16N2O3/c1-14(12-19)23-18(21)10-7-15-5-8-17(9-6-15)22-13-16-4-2-3-11-20-16/h2-11,14H,13H2,1H3/b10-7+. The van der Waals surface area contributed by atoms with E-state index in [0.29, 0.717) is 12.4 Å². The summed E-state index contributed by atoms with van der Waals surface area (Å²) in [7, 11) is 0. The minimum absolute atomic E-state index is 0.397. The van der Waals surface area contributed by atoms with Crippen LogP contribution in [-0.2, 0) is 16.1 Å². The van der Waals surface area contributed by atoms with Crippen LogP contribution in [0.4, 0.5) is 0 Å². The molecule has 0 saturated heterocycles. The molecule has 0 aliphatic rings. The smallest absolute Gasteiger partial charge is 0.332 e. The van der Waals surface area contributed by atoms with Gasteiger partial charge < -0.3 is 9.47 Å². The number of esters is 1. The normalized spacial score (nSPS) is 11.7. The minimum Gasteiger partial charge on any atom is -0.487 e. The number of rotatable bonds is 6. The zero-order valence-electron chi connectivity index (χ0n) is 12.7. The van der Waals surface area contributed by atoms with E-state index in [9.17, 15) is 4.79 Å². The van der Waals surface area contributed by atoms with Crippen molar-refractivity contribution >= 4 is 12.0 Å². The van der Waals surface area contributed by atoms with Gasteiger partial charge in [0.15, 0.2) is 6.10 Å². The van der Waals surface area contributed by atoms with E-state index in [2.05, 4.69) is 4.98 Å². The van der Waals surface area contributed by atoms with Crippen LogP contribution in [0.15, 0.2) is 54.7 Å². The Hall–Kier alpha value is -3.13. The van der Waals surface area contributed by atoms with E-state index < -0.39 is 12.1 Å². The van der Waals surface area contributed by atoms with E-state index >= 15 is 0 Å². The molecule has 2 aromatic rings. The van der Waals surface area contributed by atoms with E-state index in [-0.39, 0.29) is 0 Å². The Morgan fingerprint density at radius 1 is 1.30 bits per heavy atom. The van der Waals surface area contributed by atoms with Crippen LogP contribution in [-0.4, -0.2) is 17.1 Å². The molecule has 5 nitrogen and oxygen atoms in total. The lowest BCUT2D eigenvalue weighted by molar-refractivity contribution is -0.139. The van der Waals surface area contributed by atoms with Crippen LogP contribution in [0.2, 0.25) is 0 Å². The zero-order chi connectivity index (χ0) is 16.5. The summed E-state index contributed by atoms with van der Waals surface area (Å²) in [5.74, 6) is 0.169. The van der Waals surface area contributed by atoms with Crippen molar-refractivity contribution < 1.29 is 14.3 Å². The first-order chi connectivity index (χ1) is 11.2. The second kappa shape index (κ2) is 8.35. The lowest BCUT2D eigenvalue weighted by Crippen LogP contribution is -2.10. The highest BCUT2D eigenvalue weighted by Crippen LogP contribution is 2.14. The summed E-state index contributed by atoms with van der Waals surface area (Å²) in [5.41, 5.74) is 1.68. The summed E-state index contributed by atoms with van der Waals surface area (Å²) in [6.45, 7) is 1.91. The monoisotopic (exact) mass is 308 g/mol. The molecule has 1 heterocycles. The number of aromatic nitrogens is 1. The summed E-state index contributed by atoms with van der Waals surface area (Å²) in [6.07, 6.45) is 3.88. The molecule has 0 aliphatic carbocycles. The highest BCUT2D eigenvalue weighted by Gasteiger charge is 2.04. The van der Waals surface area contributed by atoms with Crippen molar-refractivity contribution in [3.8, 4) is 11.8 Å². The van der Waals surface area contributed by atoms with Crippen molar-refractivity contribution in [3.05, 3.63) is 66.0 Å². The molecule has 1 aromatic carbocycles. The first-order valence-corrected chi connectivity index (χ1v) is 7.08. The number of pyridine rings is 1. The number of carbonyl (C=O) groups is 1. The maximum atomic E-state index is 11.4. The summed E-state index contributed by atoms with van der Waals surface area (Å²) in [5, 5.41) is 8.56. The Bertz CT molecular complexity index is 703. The fourth-order valence-electron chi connectivity index (χ4n) is 1.72. The molecule has 0 radical (unpaired) electrons. The largest absolute Gasteiger partial charge is 0.487 e. The molecule has 5 heteroatoms. The van der Waals surface area contributed by atoms with Gasteiger partial charge >= 0.3 is 5.97 Å². The van der Waals surface area contributed by atoms with E-state index in [1.54, 1.807) is 12.3 Å². The maximum Gasteiger partial charge on any atom is 0.332 e. The topological polar surface area (TPSA) is 72.2 Å². The number of nitriles is 1. The van der Waals surface area contributed by atoms with Crippen molar-refractivity contribution in [2.45, 2.75) is 19.6 Å². The van der Waals surface area contributed by atoms with E-state index in [1.165, 1.54) is 13.0 Å². The Morgan fingerprint density at radius 2 is 2.09 bits per heavy atom. The van der Waals surface area contributed by atoms with Gasteiger partial charge in [0.1, 0.15) is 18.4 Å². The SMILES string of the molecule is CC(C#N)OC(=O)/C=C/c1ccc(OCc2ccccn2)cc1. The van der Waals surface area contributed by atoms with Gasteiger partial charge in [0.05, 0.1) is 5.69 Å². The zero-order valence-corrected chi connectivity index (χ0v) is 12.7. The molecule has 116 valence electrons. The van der Waals surface area contributed by atoms with Crippen molar-refractivity contribution in [1.82, 2.24) is 4.98 Å². The predicted molar refractivity (Wildman–Crippen MR) is 85.2 cm³/mol. The van der Waals surface area contributed by atoms with E-state index in [1.807, 2.05) is 48.5 Å². The van der Waals surface area contributed by atoms with Crippen LogP contribution >= 0.6 is 0 Å². The molecule has 1 unspecified atom stereocenters. The third-order valence-electron chi connectivity index (χ3n) is 2.88. The molecule has 1 atom stereocenters. The van der Waals surface area contributed by atoms with E-state index in [0.717, 1.165) is 11.3 Å². The number of carbonyl (C=O) groups excluding carboxylic acids is 1. The van der Waals surface area contributed by atoms with Crippen LogP contribution in [0.1, 0.15) is 18.2 Å². The highest BCUT2D eigenvalue weighted by molar-refractivity contribution is 5.87. The third-order valence-corrected chi connectivity index (χ3v) is 2.88. The molecule has 0 saturated carbocycles. The summed E-state index contributed by atoms with van der Waals surface area (Å²) < 4.78 is 10.4. The molecule has 1 aromatic heterocycles. The number of nitrogens with zero attached hydrogens (tertiary/aromatic N) is 2. The van der Waals surface area contributed by atoms with Gasteiger partial charge in [-0.1, -0.05) is 18.2 Å². The van der Waals surface area contributed by atoms with Gasteiger partial charge in [-0.05, 0) is 42.8 Å². The molecule has 0 N–H and O–H groups in total. The number of benzene rings is 1. The highest BCUT2D eigenvalue weighted by atomic mass is 16.5. The fraction of sp³-hybridized carbons (Fsp3) is 0.167. The Morgan fingerprint density at radius 3 is 2.74 bits per heavy atom. The lowest BCUT2D eigenvalue weighted by Gasteiger charge is -2.05. The predicted octanol–water partition coefficient (Wildman–Crippen LogP) is 3.13. The quantitative estimate of drug-likeness (QED) is 0.605. The van der Waals surface area contributed by atoms with Crippen LogP contribution < -0.4 is 4.74 Å². The van der Waals surface area contributed by atoms with Gasteiger partial charge in [-0.25, -0.2) is 4.79 Å². The Balaban J connectivity index is 1.87. The van der Waals surface area contributed by atoms with E-state index in [4.69, 9.17) is 14.7 Å². The third kappa shape index (κ3) is 5.64. The van der Waals surface area contributed by atoms with Gasteiger partial charge in [0.2, 0.25) is 0 Å². The molecule has 0 fully saturated rings. The molecule has 0 bridgehead atoms. The maximum absolute atomic E-state index is 11.4. The Labute approximate surface area is 134 Å². The number of ether oxygens (including phenoxy) is 2. The van der Waals surface area contributed by atoms with Crippen molar-refractivity contribution in [3.63, 3.8) is 0 Å². The number of hydrogen-bond donors (Lipinski definition) is 0. The van der Waals surface area contributed by atoms with Crippen LogP contribution in [0.3, 0.4) is 0 Å². The van der Waals surface area contributed by atoms with Crippen LogP contribution in [0.5, 0.6) is 5.75 Å². The molecule has 0 amide bonds. The van der Waals surface area contributed by atoms with Crippen LogP contribution in [0, 0.1) is 11.3 Å². The fourth-order valence-corrected chi connectivity index (χ4v) is 1.72. The second-order valence-corrected chi connectivity index (χ2v) is 4.72. The summed E-state index contributed by atoms with van der Waals surface area (Å²) >= 11 is 0. The van der Waals surface area contributed by atoms with Crippen molar-refractivity contribution in [2.24, 2.45) is 0 Å². The van der Waals surface area contributed by atoms with Gasteiger partial charge in [-0.3, -0.25) is 4.98 Å². The first-order valence-electron chi connectivity index (χ1n) is 7.08. The minimum atomic E-state index is -0.755. The summed E-state index contributed by atoms with van der Waals surface area (Å²) in [4.78, 5) is 15.6. The average Bonchev–Trinajstić information content (AvgIpc) is 2.60. The summed E-state index contributed by atoms with van der Waals surface area (Å²) in [6, 6.07) is 14.8. The molecular weight excluding hydrogens is 292 g/mol. The van der Waals surface area contributed by atoms with Gasteiger partial charge in [-0.2, -0.15) is 5.26 Å². The van der Waals surface area contributed by atoms with Crippen LogP contribution in [0.25, 0.3) is 6.08 Å². The first kappa shape index (κ1) is 16.2. The van der Waals surface area contributed by atoms with Crippen molar-refractivity contribution in [2.75, 3.05) is 0 Å². The Kier molecular flexibility index (Phi) is 5.89. The average molecular weight is 308 g/mol. The van der Waals surface area contributed by atoms with Gasteiger partial charge in [0, 0.05) is 12.3 Å². The molecular formula is C18H16N2O3. The molecule has 2 rings (SSSR count). The molecule has 0 aliphatic heterocycles. The van der Waals surface area contributed by atoms with Gasteiger partial charge in [0.25, 0.3) is 0 Å².